The zero-order valence-corrected chi connectivity index (χ0v) is 15.8. The number of aliphatic carboxylic acids is 1. The number of piperidine rings is 1. The van der Waals surface area contributed by atoms with Crippen molar-refractivity contribution in [2.24, 2.45) is 0 Å². The van der Waals surface area contributed by atoms with E-state index in [1.165, 1.54) is 0 Å². The van der Waals surface area contributed by atoms with Gasteiger partial charge in [0.2, 0.25) is 0 Å². The van der Waals surface area contributed by atoms with Gasteiger partial charge in [0.05, 0.1) is 13.2 Å². The second-order valence-corrected chi connectivity index (χ2v) is 7.63. The van der Waals surface area contributed by atoms with E-state index < -0.39 is 12.0 Å². The van der Waals surface area contributed by atoms with E-state index in [2.05, 4.69) is 32.3 Å². The van der Waals surface area contributed by atoms with Gasteiger partial charge in [0, 0.05) is 10.0 Å². The van der Waals surface area contributed by atoms with E-state index in [0.717, 1.165) is 40.7 Å². The first-order valence-electron chi connectivity index (χ1n) is 7.96. The largest absolute Gasteiger partial charge is 0.496 e. The molecule has 0 amide bonds. The van der Waals surface area contributed by atoms with Crippen LogP contribution in [0.1, 0.15) is 36.4 Å². The molecule has 1 saturated heterocycles. The SMILES string of the molecule is COc1ccc(Br)cc1C(c1ccsc1)N1CCCCC1C(=O)O. The van der Waals surface area contributed by atoms with Crippen molar-refractivity contribution < 1.29 is 14.6 Å². The molecule has 24 heavy (non-hydrogen) atoms. The van der Waals surface area contributed by atoms with Crippen LogP contribution in [0.15, 0.2) is 39.5 Å². The molecule has 1 aromatic heterocycles. The lowest BCUT2D eigenvalue weighted by molar-refractivity contribution is -0.145. The Labute approximate surface area is 154 Å². The summed E-state index contributed by atoms with van der Waals surface area (Å²) in [5.74, 6) is 0.0352. The zero-order valence-electron chi connectivity index (χ0n) is 13.4. The molecule has 0 spiro atoms. The second-order valence-electron chi connectivity index (χ2n) is 5.93. The summed E-state index contributed by atoms with van der Waals surface area (Å²) in [4.78, 5) is 13.9. The first-order valence-corrected chi connectivity index (χ1v) is 9.69. The third-order valence-electron chi connectivity index (χ3n) is 4.51. The Morgan fingerprint density at radius 1 is 1.42 bits per heavy atom. The molecule has 1 N–H and O–H groups in total. The Bertz CT molecular complexity index is 704. The van der Waals surface area contributed by atoms with Crippen LogP contribution in [0.4, 0.5) is 0 Å². The first-order chi connectivity index (χ1) is 11.6. The first kappa shape index (κ1) is 17.5. The van der Waals surface area contributed by atoms with E-state index in [4.69, 9.17) is 4.74 Å². The van der Waals surface area contributed by atoms with Gasteiger partial charge in [-0.25, -0.2) is 0 Å². The second kappa shape index (κ2) is 7.68. The summed E-state index contributed by atoms with van der Waals surface area (Å²) in [7, 11) is 1.66. The van der Waals surface area contributed by atoms with Crippen LogP contribution in [0.3, 0.4) is 0 Å². The van der Waals surface area contributed by atoms with E-state index in [1.807, 2.05) is 23.6 Å². The number of carbonyl (C=O) groups is 1. The standard InChI is InChI=1S/C18H20BrNO3S/c1-23-16-6-5-13(19)10-14(16)17(12-7-9-24-11-12)20-8-3-2-4-15(20)18(21)22/h5-7,9-11,15,17H,2-4,8H2,1H3,(H,21,22). The van der Waals surface area contributed by atoms with Crippen molar-refractivity contribution in [3.8, 4) is 5.75 Å². The van der Waals surface area contributed by atoms with Crippen molar-refractivity contribution in [1.82, 2.24) is 4.90 Å². The molecule has 4 nitrogen and oxygen atoms in total. The third kappa shape index (κ3) is 3.50. The van der Waals surface area contributed by atoms with E-state index >= 15 is 0 Å². The summed E-state index contributed by atoms with van der Waals surface area (Å²) in [5.41, 5.74) is 2.11. The maximum Gasteiger partial charge on any atom is 0.320 e. The smallest absolute Gasteiger partial charge is 0.320 e. The number of methoxy groups -OCH3 is 1. The molecule has 2 atom stereocenters. The average Bonchev–Trinajstić information content (AvgIpc) is 3.10. The van der Waals surface area contributed by atoms with Gasteiger partial charge in [0.1, 0.15) is 11.8 Å². The van der Waals surface area contributed by atoms with Gasteiger partial charge < -0.3 is 9.84 Å². The van der Waals surface area contributed by atoms with Crippen LogP contribution in [0.5, 0.6) is 5.75 Å². The van der Waals surface area contributed by atoms with E-state index in [1.54, 1.807) is 18.4 Å². The Morgan fingerprint density at radius 2 is 2.25 bits per heavy atom. The molecule has 2 unspecified atom stereocenters. The van der Waals surface area contributed by atoms with Crippen LogP contribution in [-0.2, 0) is 4.79 Å². The van der Waals surface area contributed by atoms with Crippen molar-refractivity contribution in [3.05, 3.63) is 50.6 Å². The highest BCUT2D eigenvalue weighted by Gasteiger charge is 2.36. The molecular weight excluding hydrogens is 390 g/mol. The zero-order chi connectivity index (χ0) is 17.1. The molecule has 0 saturated carbocycles. The van der Waals surface area contributed by atoms with Gasteiger partial charge in [-0.15, -0.1) is 0 Å². The van der Waals surface area contributed by atoms with Gasteiger partial charge in [-0.3, -0.25) is 9.69 Å². The van der Waals surface area contributed by atoms with Crippen molar-refractivity contribution in [3.63, 3.8) is 0 Å². The molecule has 128 valence electrons. The lowest BCUT2D eigenvalue weighted by Gasteiger charge is -2.39. The quantitative estimate of drug-likeness (QED) is 0.786. The van der Waals surface area contributed by atoms with E-state index in [0.29, 0.717) is 6.42 Å². The molecule has 1 fully saturated rings. The average molecular weight is 410 g/mol. The summed E-state index contributed by atoms with van der Waals surface area (Å²) in [6, 6.07) is 7.39. The highest BCUT2D eigenvalue weighted by atomic mass is 79.9. The topological polar surface area (TPSA) is 49.8 Å². The predicted octanol–water partition coefficient (Wildman–Crippen LogP) is 4.55. The maximum absolute atomic E-state index is 11.8. The van der Waals surface area contributed by atoms with Crippen LogP contribution >= 0.6 is 27.3 Å². The summed E-state index contributed by atoms with van der Waals surface area (Å²) in [5, 5.41) is 13.8. The van der Waals surface area contributed by atoms with Gasteiger partial charge in [0.25, 0.3) is 0 Å². The summed E-state index contributed by atoms with van der Waals surface area (Å²) in [6.45, 7) is 0.771. The van der Waals surface area contributed by atoms with Gasteiger partial charge in [-0.1, -0.05) is 22.4 Å². The molecule has 6 heteroatoms. The fraction of sp³-hybridized carbons (Fsp3) is 0.389. The van der Waals surface area contributed by atoms with Crippen LogP contribution in [-0.4, -0.2) is 35.7 Å². The van der Waals surface area contributed by atoms with Crippen molar-refractivity contribution in [2.45, 2.75) is 31.3 Å². The number of hydrogen-bond acceptors (Lipinski definition) is 4. The highest BCUT2D eigenvalue weighted by Crippen LogP contribution is 2.40. The number of rotatable bonds is 5. The van der Waals surface area contributed by atoms with Gasteiger partial charge in [-0.05, 0) is 60.0 Å². The molecule has 3 rings (SSSR count). The third-order valence-corrected chi connectivity index (χ3v) is 5.70. The number of carboxylic acids is 1. The normalized spacial score (nSPS) is 19.8. The van der Waals surface area contributed by atoms with Crippen LogP contribution in [0.2, 0.25) is 0 Å². The van der Waals surface area contributed by atoms with Crippen LogP contribution in [0.25, 0.3) is 0 Å². The molecule has 0 radical (unpaired) electrons. The van der Waals surface area contributed by atoms with Crippen molar-refractivity contribution in [1.29, 1.82) is 0 Å². The molecule has 1 aliphatic rings. The number of likely N-dealkylation sites (tertiary alicyclic amines) is 1. The number of nitrogens with zero attached hydrogens (tertiary/aromatic N) is 1. The maximum atomic E-state index is 11.8. The van der Waals surface area contributed by atoms with Gasteiger partial charge in [-0.2, -0.15) is 11.3 Å². The molecule has 0 bridgehead atoms. The van der Waals surface area contributed by atoms with Crippen molar-refractivity contribution >= 4 is 33.2 Å². The minimum absolute atomic E-state index is 0.120. The van der Waals surface area contributed by atoms with Crippen molar-refractivity contribution in [2.75, 3.05) is 13.7 Å². The minimum atomic E-state index is -0.746. The Balaban J connectivity index is 2.11. The molecule has 2 heterocycles. The molecule has 2 aromatic rings. The Kier molecular flexibility index (Phi) is 5.58. The lowest BCUT2D eigenvalue weighted by Crippen LogP contribution is -2.46. The fourth-order valence-corrected chi connectivity index (χ4v) is 4.48. The lowest BCUT2D eigenvalue weighted by atomic mass is 9.92. The van der Waals surface area contributed by atoms with E-state index in [-0.39, 0.29) is 6.04 Å². The van der Waals surface area contributed by atoms with Crippen LogP contribution < -0.4 is 4.74 Å². The minimum Gasteiger partial charge on any atom is -0.496 e. The summed E-state index contributed by atoms with van der Waals surface area (Å²) < 4.78 is 6.53. The molecule has 1 aliphatic heterocycles. The summed E-state index contributed by atoms with van der Waals surface area (Å²) >= 11 is 5.16. The van der Waals surface area contributed by atoms with Gasteiger partial charge in [0.15, 0.2) is 0 Å². The summed E-state index contributed by atoms with van der Waals surface area (Å²) in [6.07, 6.45) is 2.66. The number of benzene rings is 1. The highest BCUT2D eigenvalue weighted by molar-refractivity contribution is 9.10. The fourth-order valence-electron chi connectivity index (χ4n) is 3.43. The number of thiophene rings is 1. The molecular formula is C18H20BrNO3S. The number of ether oxygens (including phenoxy) is 1. The van der Waals surface area contributed by atoms with E-state index in [9.17, 15) is 9.90 Å². The Morgan fingerprint density at radius 3 is 2.92 bits per heavy atom. The van der Waals surface area contributed by atoms with Gasteiger partial charge >= 0.3 is 5.97 Å². The predicted molar refractivity (Wildman–Crippen MR) is 98.8 cm³/mol. The Hall–Kier alpha value is -1.37. The van der Waals surface area contributed by atoms with Crippen LogP contribution in [0, 0.1) is 0 Å². The molecule has 0 aliphatic carbocycles. The monoisotopic (exact) mass is 409 g/mol. The number of hydrogen-bond donors (Lipinski definition) is 1. The number of halogens is 1. The number of carboxylic acid groups (broad SMARTS) is 1. The molecule has 1 aromatic carbocycles.